The molecule has 1 fully saturated rings. The lowest BCUT2D eigenvalue weighted by molar-refractivity contribution is -0.124. The molecular weight excluding hydrogens is 294 g/mol. The Morgan fingerprint density at radius 2 is 2.05 bits per heavy atom. The number of hydrogen-bond donors (Lipinski definition) is 1. The van der Waals surface area contributed by atoms with Crippen LogP contribution in [-0.4, -0.2) is 28.0 Å². The van der Waals surface area contributed by atoms with Gasteiger partial charge in [-0.25, -0.2) is 8.78 Å². The largest absolute Gasteiger partial charge is 0.304 e. The highest BCUT2D eigenvalue weighted by Crippen LogP contribution is 2.42. The normalized spacial score (nSPS) is 24.4. The summed E-state index contributed by atoms with van der Waals surface area (Å²) in [6.45, 7) is 4.66. The van der Waals surface area contributed by atoms with Crippen LogP contribution in [-0.2, 0) is 11.2 Å². The van der Waals surface area contributed by atoms with Crippen LogP contribution in [0.3, 0.4) is 0 Å². The summed E-state index contributed by atoms with van der Waals surface area (Å²) in [5.74, 6) is -0.653. The van der Waals surface area contributed by atoms with Gasteiger partial charge in [-0.15, -0.1) is 0 Å². The molecule has 0 bridgehead atoms. The Labute approximate surface area is 127 Å². The highest BCUT2D eigenvalue weighted by molar-refractivity contribution is 8.16. The Hall–Kier alpha value is -1.43. The van der Waals surface area contributed by atoms with Crippen LogP contribution < -0.4 is 5.32 Å². The number of nitrogens with zero attached hydrogens (tertiary/aromatic N) is 1. The molecule has 1 aromatic carbocycles. The molecule has 1 aliphatic heterocycles. The molecule has 1 heterocycles. The van der Waals surface area contributed by atoms with Gasteiger partial charge in [0.2, 0.25) is 5.91 Å². The second kappa shape index (κ2) is 5.75. The van der Waals surface area contributed by atoms with Crippen LogP contribution in [0.5, 0.6) is 0 Å². The van der Waals surface area contributed by atoms with Crippen LogP contribution in [0.2, 0.25) is 0 Å². The summed E-state index contributed by atoms with van der Waals surface area (Å²) in [4.78, 5) is 16.2. The number of amidine groups is 1. The fraction of sp³-hybridized carbons (Fsp3) is 0.467. The topological polar surface area (TPSA) is 41.5 Å². The third-order valence-electron chi connectivity index (χ3n) is 3.68. The van der Waals surface area contributed by atoms with E-state index in [1.165, 1.54) is 19.9 Å². The Balaban J connectivity index is 2.02. The van der Waals surface area contributed by atoms with Gasteiger partial charge < -0.3 is 5.32 Å². The van der Waals surface area contributed by atoms with Crippen molar-refractivity contribution in [2.45, 2.75) is 37.6 Å². The van der Waals surface area contributed by atoms with E-state index in [1.54, 1.807) is 25.1 Å². The van der Waals surface area contributed by atoms with E-state index in [0.717, 1.165) is 11.8 Å². The first kappa shape index (κ1) is 15.9. The van der Waals surface area contributed by atoms with E-state index in [9.17, 15) is 13.6 Å². The summed E-state index contributed by atoms with van der Waals surface area (Å²) >= 11 is 1.09. The minimum atomic E-state index is -1.66. The lowest BCUT2D eigenvalue weighted by Crippen LogP contribution is -2.48. The van der Waals surface area contributed by atoms with Crippen molar-refractivity contribution >= 4 is 22.8 Å². The number of nitrogens with one attached hydrogen (secondary N) is 1. The van der Waals surface area contributed by atoms with E-state index < -0.39 is 10.4 Å². The fourth-order valence-corrected chi connectivity index (χ4v) is 3.00. The molecule has 21 heavy (non-hydrogen) atoms. The maximum Gasteiger partial charge on any atom is 0.245 e. The first-order valence-corrected chi connectivity index (χ1v) is 7.53. The van der Waals surface area contributed by atoms with E-state index in [0.29, 0.717) is 23.7 Å². The zero-order valence-electron chi connectivity index (χ0n) is 12.2. The quantitative estimate of drug-likeness (QED) is 0.928. The fourth-order valence-electron chi connectivity index (χ4n) is 1.92. The summed E-state index contributed by atoms with van der Waals surface area (Å²) in [6.07, 6.45) is 0.433. The van der Waals surface area contributed by atoms with Gasteiger partial charge in [0.25, 0.3) is 0 Å². The minimum absolute atomic E-state index is 0.268. The molecule has 1 amide bonds. The first-order valence-electron chi connectivity index (χ1n) is 6.71. The van der Waals surface area contributed by atoms with Gasteiger partial charge in [0.15, 0.2) is 5.17 Å². The van der Waals surface area contributed by atoms with Crippen LogP contribution >= 0.6 is 11.8 Å². The third-order valence-corrected chi connectivity index (χ3v) is 5.19. The molecule has 114 valence electrons. The molecule has 1 atom stereocenters. The number of aliphatic imine (C=N–C) groups is 1. The number of rotatable bonds is 4. The highest BCUT2D eigenvalue weighted by Gasteiger charge is 2.54. The van der Waals surface area contributed by atoms with Crippen molar-refractivity contribution in [3.8, 4) is 0 Å². The number of halogens is 2. The number of amides is 1. The predicted octanol–water partition coefficient (Wildman–Crippen LogP) is 3.09. The van der Waals surface area contributed by atoms with Gasteiger partial charge in [0.1, 0.15) is 16.2 Å². The number of thioether (sulfide) groups is 1. The first-order chi connectivity index (χ1) is 9.74. The zero-order chi connectivity index (χ0) is 15.7. The number of carbonyl (C=O) groups excluding carboxylic acids is 1. The van der Waals surface area contributed by atoms with Gasteiger partial charge in [-0.2, -0.15) is 0 Å². The van der Waals surface area contributed by atoms with Gasteiger partial charge in [-0.05, 0) is 38.8 Å². The average Bonchev–Trinajstić information content (AvgIpc) is 2.68. The van der Waals surface area contributed by atoms with Crippen molar-refractivity contribution in [3.05, 3.63) is 35.6 Å². The Morgan fingerprint density at radius 3 is 2.62 bits per heavy atom. The van der Waals surface area contributed by atoms with Crippen LogP contribution in [0.15, 0.2) is 29.3 Å². The number of carbonyl (C=O) groups is 1. The smallest absolute Gasteiger partial charge is 0.245 e. The Kier molecular flexibility index (Phi) is 4.37. The summed E-state index contributed by atoms with van der Waals surface area (Å²) in [7, 11) is 0. The molecular formula is C15H18F2N2OS. The molecule has 0 aliphatic carbocycles. The average molecular weight is 312 g/mol. The van der Waals surface area contributed by atoms with E-state index in [4.69, 9.17) is 0 Å². The van der Waals surface area contributed by atoms with E-state index in [2.05, 4.69) is 10.3 Å². The van der Waals surface area contributed by atoms with Crippen LogP contribution in [0, 0.1) is 5.82 Å². The molecule has 0 aromatic heterocycles. The Bertz CT molecular complexity index is 583. The number of alkyl halides is 1. The standard InChI is InChI=1S/C15H18F2N2OS/c1-14(2,17)15(3)12(20)19-13(21-15)18-9-8-10-6-4-5-7-11(10)16/h4-7H,8-9H2,1-3H3,(H,18,19,20). The van der Waals surface area contributed by atoms with Crippen LogP contribution in [0.1, 0.15) is 26.3 Å². The van der Waals surface area contributed by atoms with Gasteiger partial charge >= 0.3 is 0 Å². The molecule has 0 radical (unpaired) electrons. The van der Waals surface area contributed by atoms with Crippen molar-refractivity contribution in [1.82, 2.24) is 5.32 Å². The van der Waals surface area contributed by atoms with Crippen LogP contribution in [0.25, 0.3) is 0 Å². The molecule has 3 nitrogen and oxygen atoms in total. The predicted molar refractivity (Wildman–Crippen MR) is 81.7 cm³/mol. The van der Waals surface area contributed by atoms with E-state index in [-0.39, 0.29) is 11.7 Å². The maximum absolute atomic E-state index is 14.2. The molecule has 6 heteroatoms. The second-order valence-electron chi connectivity index (χ2n) is 5.59. The molecule has 1 unspecified atom stereocenters. The second-order valence-corrected chi connectivity index (χ2v) is 7.00. The van der Waals surface area contributed by atoms with Gasteiger partial charge in [0.05, 0.1) is 0 Å². The summed E-state index contributed by atoms with van der Waals surface area (Å²) in [5.41, 5.74) is -1.09. The van der Waals surface area contributed by atoms with Gasteiger partial charge in [-0.3, -0.25) is 9.79 Å². The molecule has 1 N–H and O–H groups in total. The lowest BCUT2D eigenvalue weighted by Gasteiger charge is -2.29. The molecule has 0 spiro atoms. The van der Waals surface area contributed by atoms with Crippen molar-refractivity contribution in [3.63, 3.8) is 0 Å². The molecule has 1 aliphatic rings. The summed E-state index contributed by atoms with van der Waals surface area (Å²) in [6, 6.07) is 6.49. The van der Waals surface area contributed by atoms with Crippen molar-refractivity contribution in [1.29, 1.82) is 0 Å². The minimum Gasteiger partial charge on any atom is -0.304 e. The molecule has 1 aromatic rings. The molecule has 2 rings (SSSR count). The zero-order valence-corrected chi connectivity index (χ0v) is 13.1. The highest BCUT2D eigenvalue weighted by atomic mass is 32.2. The number of benzene rings is 1. The third kappa shape index (κ3) is 3.26. The molecule has 1 saturated heterocycles. The Morgan fingerprint density at radius 1 is 1.38 bits per heavy atom. The SMILES string of the molecule is CC(C)(F)C1(C)SC(=NCCc2ccccc2F)NC1=O. The summed E-state index contributed by atoms with van der Waals surface area (Å²) in [5, 5.41) is 2.99. The summed E-state index contributed by atoms with van der Waals surface area (Å²) < 4.78 is 26.4. The van der Waals surface area contributed by atoms with Crippen molar-refractivity contribution in [2.24, 2.45) is 4.99 Å². The lowest BCUT2D eigenvalue weighted by atomic mass is 9.93. The monoisotopic (exact) mass is 312 g/mol. The van der Waals surface area contributed by atoms with Crippen molar-refractivity contribution in [2.75, 3.05) is 6.54 Å². The van der Waals surface area contributed by atoms with E-state index in [1.807, 2.05) is 0 Å². The maximum atomic E-state index is 14.2. The van der Waals surface area contributed by atoms with E-state index >= 15 is 0 Å². The van der Waals surface area contributed by atoms with Gasteiger partial charge in [-0.1, -0.05) is 30.0 Å². The van der Waals surface area contributed by atoms with Crippen molar-refractivity contribution < 1.29 is 13.6 Å². The molecule has 0 saturated carbocycles. The van der Waals surface area contributed by atoms with Crippen LogP contribution in [0.4, 0.5) is 8.78 Å². The van der Waals surface area contributed by atoms with Gasteiger partial charge in [0, 0.05) is 6.54 Å². The number of hydrogen-bond acceptors (Lipinski definition) is 3.